The zero-order valence-electron chi connectivity index (χ0n) is 8.89. The van der Waals surface area contributed by atoms with Crippen molar-refractivity contribution in [2.75, 3.05) is 0 Å². The molecule has 2 aromatic heterocycles. The van der Waals surface area contributed by atoms with Crippen LogP contribution in [0.5, 0.6) is 11.6 Å². The fraction of sp³-hybridized carbons (Fsp3) is 0. The largest absolute Gasteiger partial charge is 0.437 e. The first-order valence-corrected chi connectivity index (χ1v) is 5.80. The number of nitrogens with one attached hydrogen (secondary N) is 1. The van der Waals surface area contributed by atoms with E-state index in [1.807, 2.05) is 0 Å². The van der Waals surface area contributed by atoms with Crippen molar-refractivity contribution in [1.29, 1.82) is 0 Å². The predicted molar refractivity (Wildman–Crippen MR) is 65.9 cm³/mol. The standard InChI is InChI=1S/C11H6BrFN4O/c12-6-1-7(13)3-8(2-6)18-11-9-10(15-4-14-9)16-5-17-11/h1-5H,(H,14,15,16,17). The molecule has 0 unspecified atom stereocenters. The molecule has 1 N–H and O–H groups in total. The third kappa shape index (κ3) is 2.04. The van der Waals surface area contributed by atoms with Crippen LogP contribution >= 0.6 is 15.9 Å². The molecular weight excluding hydrogens is 303 g/mol. The molecule has 0 radical (unpaired) electrons. The fourth-order valence-electron chi connectivity index (χ4n) is 1.52. The van der Waals surface area contributed by atoms with Crippen molar-refractivity contribution in [3.8, 4) is 11.6 Å². The van der Waals surface area contributed by atoms with Crippen LogP contribution in [0.4, 0.5) is 4.39 Å². The summed E-state index contributed by atoms with van der Waals surface area (Å²) in [6, 6.07) is 4.26. The average Bonchev–Trinajstić information content (AvgIpc) is 2.76. The van der Waals surface area contributed by atoms with Crippen LogP contribution in [0.15, 0.2) is 35.3 Å². The molecule has 0 atom stereocenters. The van der Waals surface area contributed by atoms with Gasteiger partial charge in [0, 0.05) is 10.5 Å². The molecule has 0 aliphatic carbocycles. The number of nitrogens with zero attached hydrogens (tertiary/aromatic N) is 3. The molecule has 18 heavy (non-hydrogen) atoms. The van der Waals surface area contributed by atoms with Crippen molar-refractivity contribution in [3.05, 3.63) is 41.1 Å². The minimum absolute atomic E-state index is 0.301. The minimum atomic E-state index is -0.394. The van der Waals surface area contributed by atoms with Crippen LogP contribution in [0, 0.1) is 5.82 Å². The molecule has 0 aliphatic rings. The normalized spacial score (nSPS) is 10.8. The summed E-state index contributed by atoms with van der Waals surface area (Å²) in [6.45, 7) is 0. The summed E-state index contributed by atoms with van der Waals surface area (Å²) in [5, 5.41) is 0. The lowest BCUT2D eigenvalue weighted by Gasteiger charge is -2.05. The van der Waals surface area contributed by atoms with Crippen molar-refractivity contribution in [3.63, 3.8) is 0 Å². The molecular formula is C11H6BrFN4O. The lowest BCUT2D eigenvalue weighted by molar-refractivity contribution is 0.461. The van der Waals surface area contributed by atoms with Crippen LogP contribution in [0.1, 0.15) is 0 Å². The Morgan fingerprint density at radius 3 is 2.89 bits per heavy atom. The molecule has 2 heterocycles. The second-order valence-corrected chi connectivity index (χ2v) is 4.40. The number of benzene rings is 1. The molecule has 90 valence electrons. The maximum Gasteiger partial charge on any atom is 0.248 e. The van der Waals surface area contributed by atoms with Crippen LogP contribution in [0.3, 0.4) is 0 Å². The monoisotopic (exact) mass is 308 g/mol. The first-order chi connectivity index (χ1) is 8.72. The van der Waals surface area contributed by atoms with Crippen molar-refractivity contribution >= 4 is 27.1 Å². The molecule has 0 fully saturated rings. The van der Waals surface area contributed by atoms with E-state index in [9.17, 15) is 4.39 Å². The zero-order valence-corrected chi connectivity index (χ0v) is 10.5. The van der Waals surface area contributed by atoms with E-state index in [1.54, 1.807) is 6.07 Å². The van der Waals surface area contributed by atoms with Gasteiger partial charge in [-0.1, -0.05) is 15.9 Å². The van der Waals surface area contributed by atoms with Gasteiger partial charge in [0.25, 0.3) is 0 Å². The van der Waals surface area contributed by atoms with Crippen LogP contribution < -0.4 is 4.74 Å². The Hall–Kier alpha value is -2.02. The number of fused-ring (bicyclic) bond motifs is 1. The summed E-state index contributed by atoms with van der Waals surface area (Å²) < 4.78 is 19.3. The Labute approximate surface area is 109 Å². The Morgan fingerprint density at radius 2 is 2.06 bits per heavy atom. The number of ether oxygens (including phenoxy) is 1. The summed E-state index contributed by atoms with van der Waals surface area (Å²) >= 11 is 3.20. The molecule has 0 spiro atoms. The van der Waals surface area contributed by atoms with E-state index in [4.69, 9.17) is 4.74 Å². The third-order valence-electron chi connectivity index (χ3n) is 2.24. The van der Waals surface area contributed by atoms with Crippen molar-refractivity contribution in [2.45, 2.75) is 0 Å². The Morgan fingerprint density at radius 1 is 1.17 bits per heavy atom. The van der Waals surface area contributed by atoms with Gasteiger partial charge in [-0.25, -0.2) is 14.4 Å². The second-order valence-electron chi connectivity index (χ2n) is 3.49. The molecule has 3 aromatic rings. The number of hydrogen-bond acceptors (Lipinski definition) is 4. The number of H-pyrrole nitrogens is 1. The second kappa shape index (κ2) is 4.34. The van der Waals surface area contributed by atoms with E-state index in [2.05, 4.69) is 35.9 Å². The topological polar surface area (TPSA) is 63.7 Å². The van der Waals surface area contributed by atoms with Gasteiger partial charge in [-0.3, -0.25) is 0 Å². The van der Waals surface area contributed by atoms with E-state index >= 15 is 0 Å². The predicted octanol–water partition coefficient (Wildman–Crippen LogP) is 3.05. The summed E-state index contributed by atoms with van der Waals surface area (Å²) in [7, 11) is 0. The highest BCUT2D eigenvalue weighted by Crippen LogP contribution is 2.27. The van der Waals surface area contributed by atoms with Gasteiger partial charge >= 0.3 is 0 Å². The van der Waals surface area contributed by atoms with Gasteiger partial charge in [-0.15, -0.1) is 0 Å². The molecule has 1 aromatic carbocycles. The summed E-state index contributed by atoms with van der Waals surface area (Å²) in [5.74, 6) is 0.251. The fourth-order valence-corrected chi connectivity index (χ4v) is 1.96. The number of rotatable bonds is 2. The SMILES string of the molecule is Fc1cc(Br)cc(Oc2ncnc3nc[nH]c23)c1. The van der Waals surface area contributed by atoms with Gasteiger partial charge in [0.2, 0.25) is 5.88 Å². The maximum absolute atomic E-state index is 13.2. The van der Waals surface area contributed by atoms with E-state index in [1.165, 1.54) is 24.8 Å². The van der Waals surface area contributed by atoms with Crippen LogP contribution in [0.2, 0.25) is 0 Å². The van der Waals surface area contributed by atoms with Gasteiger partial charge in [-0.05, 0) is 12.1 Å². The van der Waals surface area contributed by atoms with Crippen molar-refractivity contribution < 1.29 is 9.13 Å². The third-order valence-corrected chi connectivity index (χ3v) is 2.70. The molecule has 3 rings (SSSR count). The lowest BCUT2D eigenvalue weighted by Crippen LogP contribution is -1.91. The van der Waals surface area contributed by atoms with Gasteiger partial charge in [0.05, 0.1) is 6.33 Å². The molecule has 0 amide bonds. The van der Waals surface area contributed by atoms with E-state index in [-0.39, 0.29) is 0 Å². The van der Waals surface area contributed by atoms with Crippen LogP contribution in [0.25, 0.3) is 11.2 Å². The number of aromatic nitrogens is 4. The zero-order chi connectivity index (χ0) is 12.5. The van der Waals surface area contributed by atoms with Crippen molar-refractivity contribution in [2.24, 2.45) is 0 Å². The molecule has 0 saturated carbocycles. The highest BCUT2D eigenvalue weighted by Gasteiger charge is 2.09. The van der Waals surface area contributed by atoms with Gasteiger partial charge < -0.3 is 9.72 Å². The number of aromatic amines is 1. The molecule has 7 heteroatoms. The minimum Gasteiger partial charge on any atom is -0.437 e. The van der Waals surface area contributed by atoms with E-state index in [0.717, 1.165) is 0 Å². The molecule has 5 nitrogen and oxygen atoms in total. The summed E-state index contributed by atoms with van der Waals surface area (Å²) in [5.41, 5.74) is 1.06. The average molecular weight is 309 g/mol. The lowest BCUT2D eigenvalue weighted by atomic mass is 10.3. The van der Waals surface area contributed by atoms with Crippen LogP contribution in [-0.2, 0) is 0 Å². The maximum atomic E-state index is 13.2. The van der Waals surface area contributed by atoms with Crippen molar-refractivity contribution in [1.82, 2.24) is 19.9 Å². The van der Waals surface area contributed by atoms with E-state index < -0.39 is 5.82 Å². The Balaban J connectivity index is 2.03. The smallest absolute Gasteiger partial charge is 0.248 e. The number of imidazole rings is 1. The highest BCUT2D eigenvalue weighted by atomic mass is 79.9. The van der Waals surface area contributed by atoms with E-state index in [0.29, 0.717) is 27.3 Å². The summed E-state index contributed by atoms with van der Waals surface area (Å²) in [6.07, 6.45) is 2.83. The van der Waals surface area contributed by atoms with Crippen LogP contribution in [-0.4, -0.2) is 19.9 Å². The number of hydrogen-bond donors (Lipinski definition) is 1. The first-order valence-electron chi connectivity index (χ1n) is 5.00. The quantitative estimate of drug-likeness (QED) is 0.790. The Kier molecular flexibility index (Phi) is 2.67. The first kappa shape index (κ1) is 11.1. The molecule has 0 saturated heterocycles. The molecule has 0 aliphatic heterocycles. The van der Waals surface area contributed by atoms with Gasteiger partial charge in [-0.2, -0.15) is 4.98 Å². The highest BCUT2D eigenvalue weighted by molar-refractivity contribution is 9.10. The van der Waals surface area contributed by atoms with Gasteiger partial charge in [0.15, 0.2) is 5.65 Å². The summed E-state index contributed by atoms with van der Waals surface area (Å²) in [4.78, 5) is 14.8. The Bertz CT molecular complexity index is 695. The molecule has 0 bridgehead atoms. The van der Waals surface area contributed by atoms with Gasteiger partial charge in [0.1, 0.15) is 23.4 Å². The number of halogens is 2.